The highest BCUT2D eigenvalue weighted by Gasteiger charge is 2.51. The monoisotopic (exact) mass is 366 g/mol. The molecule has 134 valence electrons. The second-order valence-electron chi connectivity index (χ2n) is 7.44. The van der Waals surface area contributed by atoms with Crippen molar-refractivity contribution in [2.75, 3.05) is 19.7 Å². The van der Waals surface area contributed by atoms with Crippen molar-refractivity contribution in [1.82, 2.24) is 10.2 Å². The normalized spacial score (nSPS) is 26.8. The number of nitrogens with one attached hydrogen (secondary N) is 1. The van der Waals surface area contributed by atoms with Crippen molar-refractivity contribution in [3.63, 3.8) is 0 Å². The number of rotatable bonds is 4. The quantitative estimate of drug-likeness (QED) is 0.890. The summed E-state index contributed by atoms with van der Waals surface area (Å²) >= 11 is 5.94. The van der Waals surface area contributed by atoms with Gasteiger partial charge in [0.15, 0.2) is 0 Å². The summed E-state index contributed by atoms with van der Waals surface area (Å²) in [4.78, 5) is 25.6. The van der Waals surface area contributed by atoms with Gasteiger partial charge in [0.2, 0.25) is 11.8 Å². The van der Waals surface area contributed by atoms with Crippen LogP contribution in [0.4, 0.5) is 4.39 Å². The first-order chi connectivity index (χ1) is 11.9. The van der Waals surface area contributed by atoms with Crippen molar-refractivity contribution in [3.05, 3.63) is 29.0 Å². The first-order valence-corrected chi connectivity index (χ1v) is 9.00. The summed E-state index contributed by atoms with van der Waals surface area (Å²) in [5, 5.41) is 3.25. The Balaban J connectivity index is 1.20. The molecule has 0 unspecified atom stereocenters. The molecule has 2 aliphatic heterocycles. The highest BCUT2D eigenvalue weighted by molar-refractivity contribution is 6.32. The summed E-state index contributed by atoms with van der Waals surface area (Å²) < 4.78 is 18.6. The summed E-state index contributed by atoms with van der Waals surface area (Å²) in [7, 11) is 0. The van der Waals surface area contributed by atoms with Crippen LogP contribution in [-0.4, -0.2) is 41.9 Å². The van der Waals surface area contributed by atoms with E-state index in [9.17, 15) is 14.0 Å². The van der Waals surface area contributed by atoms with E-state index in [2.05, 4.69) is 5.32 Å². The lowest BCUT2D eigenvalue weighted by molar-refractivity contribution is -0.149. The molecule has 1 aliphatic carbocycles. The van der Waals surface area contributed by atoms with E-state index in [1.807, 2.05) is 4.90 Å². The number of carbonyl (C=O) groups is 2. The second kappa shape index (κ2) is 6.16. The summed E-state index contributed by atoms with van der Waals surface area (Å²) in [6.07, 6.45) is 2.99. The molecule has 2 amide bonds. The summed E-state index contributed by atoms with van der Waals surface area (Å²) in [5.41, 5.74) is -0.154. The van der Waals surface area contributed by atoms with Gasteiger partial charge in [0.05, 0.1) is 17.2 Å². The number of carbonyl (C=O) groups excluding carboxylic acids is 2. The van der Waals surface area contributed by atoms with Gasteiger partial charge in [-0.25, -0.2) is 4.39 Å². The lowest BCUT2D eigenvalue weighted by Gasteiger charge is -2.50. The molecule has 25 heavy (non-hydrogen) atoms. The zero-order valence-corrected chi connectivity index (χ0v) is 14.5. The molecular weight excluding hydrogens is 347 g/mol. The van der Waals surface area contributed by atoms with Crippen LogP contribution in [0.3, 0.4) is 0 Å². The van der Waals surface area contributed by atoms with Crippen LogP contribution in [0.15, 0.2) is 18.2 Å². The van der Waals surface area contributed by atoms with Crippen LogP contribution in [0.2, 0.25) is 5.02 Å². The smallest absolute Gasteiger partial charge is 0.225 e. The predicted octanol–water partition coefficient (Wildman–Crippen LogP) is 2.38. The van der Waals surface area contributed by atoms with E-state index in [4.69, 9.17) is 16.3 Å². The molecule has 1 N–H and O–H groups in total. The summed E-state index contributed by atoms with van der Waals surface area (Å²) in [5.74, 6) is 0.718. The van der Waals surface area contributed by atoms with Crippen molar-refractivity contribution in [2.45, 2.75) is 31.2 Å². The van der Waals surface area contributed by atoms with Crippen LogP contribution < -0.4 is 10.1 Å². The maximum absolute atomic E-state index is 13.0. The molecule has 0 atom stereocenters. The molecule has 1 spiro atoms. The Morgan fingerprint density at radius 2 is 2.16 bits per heavy atom. The number of hydrogen-bond acceptors (Lipinski definition) is 3. The number of hydrogen-bond donors (Lipinski definition) is 1. The van der Waals surface area contributed by atoms with Crippen LogP contribution in [0, 0.1) is 17.7 Å². The van der Waals surface area contributed by atoms with E-state index in [0.717, 1.165) is 19.3 Å². The molecule has 0 bridgehead atoms. The SMILES string of the molecule is O=C1CCC2(CN(C(=O)[C@H]3C[C@H](COc4ccc(F)cc4Cl)C3)C2)N1. The fraction of sp³-hybridized carbons (Fsp3) is 0.556. The number of halogens is 2. The predicted molar refractivity (Wildman–Crippen MR) is 89.8 cm³/mol. The maximum Gasteiger partial charge on any atom is 0.225 e. The maximum atomic E-state index is 13.0. The Morgan fingerprint density at radius 3 is 2.80 bits per heavy atom. The minimum Gasteiger partial charge on any atom is -0.492 e. The number of amides is 2. The van der Waals surface area contributed by atoms with Gasteiger partial charge in [-0.3, -0.25) is 9.59 Å². The Kier molecular flexibility index (Phi) is 4.10. The number of benzene rings is 1. The molecule has 3 fully saturated rings. The van der Waals surface area contributed by atoms with Crippen LogP contribution in [0.1, 0.15) is 25.7 Å². The van der Waals surface area contributed by atoms with E-state index < -0.39 is 5.82 Å². The molecule has 0 aromatic heterocycles. The van der Waals surface area contributed by atoms with E-state index in [1.165, 1.54) is 18.2 Å². The Labute approximate surface area is 150 Å². The summed E-state index contributed by atoms with van der Waals surface area (Å²) in [6, 6.07) is 4.07. The molecule has 2 heterocycles. The van der Waals surface area contributed by atoms with Crippen LogP contribution in [0.25, 0.3) is 0 Å². The van der Waals surface area contributed by atoms with E-state index in [-0.39, 0.29) is 28.3 Å². The number of nitrogens with zero attached hydrogens (tertiary/aromatic N) is 1. The third kappa shape index (κ3) is 3.19. The van der Waals surface area contributed by atoms with Crippen molar-refractivity contribution >= 4 is 23.4 Å². The Morgan fingerprint density at radius 1 is 1.40 bits per heavy atom. The molecule has 3 aliphatic rings. The van der Waals surface area contributed by atoms with Gasteiger partial charge in [0.1, 0.15) is 11.6 Å². The lowest BCUT2D eigenvalue weighted by atomic mass is 9.73. The van der Waals surface area contributed by atoms with Crippen LogP contribution >= 0.6 is 11.6 Å². The van der Waals surface area contributed by atoms with Crippen molar-refractivity contribution in [3.8, 4) is 5.75 Å². The zero-order chi connectivity index (χ0) is 17.6. The minimum atomic E-state index is -0.391. The highest BCUT2D eigenvalue weighted by atomic mass is 35.5. The molecule has 1 aromatic carbocycles. The lowest BCUT2D eigenvalue weighted by Crippen LogP contribution is -2.69. The Hall–Kier alpha value is -1.82. The first kappa shape index (κ1) is 16.6. The van der Waals surface area contributed by atoms with Crippen molar-refractivity contribution in [2.24, 2.45) is 11.8 Å². The second-order valence-corrected chi connectivity index (χ2v) is 7.85. The highest BCUT2D eigenvalue weighted by Crippen LogP contribution is 2.39. The average molecular weight is 367 g/mol. The van der Waals surface area contributed by atoms with Gasteiger partial charge in [0, 0.05) is 25.4 Å². The van der Waals surface area contributed by atoms with Crippen molar-refractivity contribution < 1.29 is 18.7 Å². The van der Waals surface area contributed by atoms with Gasteiger partial charge >= 0.3 is 0 Å². The fourth-order valence-electron chi connectivity index (χ4n) is 3.98. The molecule has 0 radical (unpaired) electrons. The largest absolute Gasteiger partial charge is 0.492 e. The zero-order valence-electron chi connectivity index (χ0n) is 13.8. The standard InChI is InChI=1S/C18H20ClFN2O3/c19-14-7-13(20)1-2-15(14)25-8-11-5-12(6-11)17(24)22-9-18(10-22)4-3-16(23)21-18/h1-2,7,11-12H,3-6,8-10H2,(H,21,23)/t11-,12-. The molecular formula is C18H20ClFN2O3. The van der Waals surface area contributed by atoms with Gasteiger partial charge in [-0.2, -0.15) is 0 Å². The topological polar surface area (TPSA) is 58.6 Å². The van der Waals surface area contributed by atoms with Gasteiger partial charge < -0.3 is 15.0 Å². The fourth-order valence-corrected chi connectivity index (χ4v) is 4.20. The van der Waals surface area contributed by atoms with Gasteiger partial charge in [-0.05, 0) is 43.4 Å². The van der Waals surface area contributed by atoms with E-state index in [0.29, 0.717) is 37.8 Å². The summed E-state index contributed by atoms with van der Waals surface area (Å²) in [6.45, 7) is 1.76. The van der Waals surface area contributed by atoms with E-state index in [1.54, 1.807) is 0 Å². The van der Waals surface area contributed by atoms with Gasteiger partial charge in [-0.15, -0.1) is 0 Å². The minimum absolute atomic E-state index is 0.0479. The van der Waals surface area contributed by atoms with Crippen LogP contribution in [0.5, 0.6) is 5.75 Å². The third-order valence-electron chi connectivity index (χ3n) is 5.49. The van der Waals surface area contributed by atoms with Crippen molar-refractivity contribution in [1.29, 1.82) is 0 Å². The number of likely N-dealkylation sites (tertiary alicyclic amines) is 1. The molecule has 5 nitrogen and oxygen atoms in total. The molecule has 4 rings (SSSR count). The van der Waals surface area contributed by atoms with E-state index >= 15 is 0 Å². The molecule has 2 saturated heterocycles. The third-order valence-corrected chi connectivity index (χ3v) is 5.78. The van der Waals surface area contributed by atoms with Crippen LogP contribution in [-0.2, 0) is 9.59 Å². The average Bonchev–Trinajstić information content (AvgIpc) is 2.88. The number of ether oxygens (including phenoxy) is 1. The molecule has 7 heteroatoms. The first-order valence-electron chi connectivity index (χ1n) is 8.62. The molecule has 1 aromatic rings. The Bertz CT molecular complexity index is 714. The van der Waals surface area contributed by atoms with Gasteiger partial charge in [0.25, 0.3) is 0 Å². The van der Waals surface area contributed by atoms with Gasteiger partial charge in [-0.1, -0.05) is 11.6 Å². The molecule has 1 saturated carbocycles.